The van der Waals surface area contributed by atoms with Gasteiger partial charge in [0.1, 0.15) is 0 Å². The highest BCUT2D eigenvalue weighted by Gasteiger charge is 2.10. The largest absolute Gasteiger partial charge is 0.323 e. The van der Waals surface area contributed by atoms with E-state index in [4.69, 9.17) is 0 Å². The number of rotatable bonds is 2. The molecule has 1 heterocycles. The molecule has 2 N–H and O–H groups in total. The molecule has 0 saturated carbocycles. The van der Waals surface area contributed by atoms with Crippen molar-refractivity contribution < 1.29 is 0 Å². The summed E-state index contributed by atoms with van der Waals surface area (Å²) in [5.74, 6) is 1.11. The number of benzene rings is 1. The Morgan fingerprint density at radius 3 is 2.40 bits per heavy atom. The quantitative estimate of drug-likeness (QED) is 0.776. The second kappa shape index (κ2) is 3.57. The van der Waals surface area contributed by atoms with Crippen LogP contribution in [0.3, 0.4) is 0 Å². The van der Waals surface area contributed by atoms with Gasteiger partial charge in [-0.3, -0.25) is 0 Å². The molecule has 0 bridgehead atoms. The first-order chi connectivity index (χ1) is 7.08. The van der Waals surface area contributed by atoms with Crippen LogP contribution in [-0.2, 0) is 0 Å². The van der Waals surface area contributed by atoms with Gasteiger partial charge in [-0.05, 0) is 29.5 Å². The van der Waals surface area contributed by atoms with Crippen LogP contribution in [0.15, 0.2) is 23.0 Å². The Morgan fingerprint density at radius 1 is 1.07 bits per heavy atom. The first kappa shape index (κ1) is 10.0. The third kappa shape index (κ3) is 1.82. The molecule has 2 rings (SSSR count). The van der Waals surface area contributed by atoms with E-state index < -0.39 is 0 Å². The maximum absolute atomic E-state index is 11.1. The Morgan fingerprint density at radius 2 is 1.73 bits per heavy atom. The van der Waals surface area contributed by atoms with Crippen molar-refractivity contribution in [1.29, 1.82) is 0 Å². The number of H-pyrrole nitrogens is 2. The fourth-order valence-corrected chi connectivity index (χ4v) is 1.72. The summed E-state index contributed by atoms with van der Waals surface area (Å²) in [6.07, 6.45) is 0. The van der Waals surface area contributed by atoms with Gasteiger partial charge >= 0.3 is 5.69 Å². The minimum atomic E-state index is -0.139. The van der Waals surface area contributed by atoms with Gasteiger partial charge in [0.2, 0.25) is 0 Å². The predicted octanol–water partition coefficient (Wildman–Crippen LogP) is 2.62. The Kier molecular flexibility index (Phi) is 2.39. The highest BCUT2D eigenvalue weighted by molar-refractivity contribution is 5.75. The van der Waals surface area contributed by atoms with Crippen LogP contribution in [0.2, 0.25) is 0 Å². The van der Waals surface area contributed by atoms with E-state index in [0.717, 1.165) is 11.0 Å². The molecular formula is C12H16N2O. The van der Waals surface area contributed by atoms with Crippen molar-refractivity contribution in [3.8, 4) is 0 Å². The zero-order valence-corrected chi connectivity index (χ0v) is 9.29. The number of nitrogens with one attached hydrogen (secondary N) is 2. The summed E-state index contributed by atoms with van der Waals surface area (Å²) in [7, 11) is 0. The number of hydrogen-bond donors (Lipinski definition) is 2. The van der Waals surface area contributed by atoms with Crippen LogP contribution in [0.5, 0.6) is 0 Å². The predicted molar refractivity (Wildman–Crippen MR) is 62.2 cm³/mol. The summed E-state index contributed by atoms with van der Waals surface area (Å²) >= 11 is 0. The van der Waals surface area contributed by atoms with E-state index in [-0.39, 0.29) is 5.69 Å². The third-order valence-corrected chi connectivity index (χ3v) is 3.07. The molecule has 0 amide bonds. The summed E-state index contributed by atoms with van der Waals surface area (Å²) in [6.45, 7) is 6.61. The second-order valence-electron chi connectivity index (χ2n) is 4.42. The molecule has 80 valence electrons. The number of hydrogen-bond acceptors (Lipinski definition) is 1. The zero-order chi connectivity index (χ0) is 11.0. The van der Waals surface area contributed by atoms with Gasteiger partial charge in [-0.25, -0.2) is 4.79 Å². The van der Waals surface area contributed by atoms with E-state index in [1.807, 2.05) is 6.07 Å². The SMILES string of the molecule is CC(C)C(C)c1ccc2[nH]c(=O)[nH]c2c1. The van der Waals surface area contributed by atoms with Crippen molar-refractivity contribution in [3.63, 3.8) is 0 Å². The molecule has 1 atom stereocenters. The lowest BCUT2D eigenvalue weighted by molar-refractivity contribution is 0.535. The molecule has 0 aliphatic carbocycles. The molecule has 0 aliphatic rings. The summed E-state index contributed by atoms with van der Waals surface area (Å²) in [5.41, 5.74) is 2.90. The summed E-state index contributed by atoms with van der Waals surface area (Å²) in [4.78, 5) is 16.6. The number of imidazole rings is 1. The first-order valence-corrected chi connectivity index (χ1v) is 5.30. The molecule has 15 heavy (non-hydrogen) atoms. The second-order valence-corrected chi connectivity index (χ2v) is 4.42. The molecule has 1 aromatic carbocycles. The molecule has 0 radical (unpaired) electrons. The van der Waals surface area contributed by atoms with Crippen LogP contribution in [-0.4, -0.2) is 9.97 Å². The van der Waals surface area contributed by atoms with Gasteiger partial charge in [0.25, 0.3) is 0 Å². The molecule has 2 aromatic rings. The van der Waals surface area contributed by atoms with Crippen molar-refractivity contribution >= 4 is 11.0 Å². The van der Waals surface area contributed by atoms with E-state index in [2.05, 4.69) is 42.9 Å². The van der Waals surface area contributed by atoms with Crippen LogP contribution in [0.4, 0.5) is 0 Å². The molecule has 0 aliphatic heterocycles. The minimum Gasteiger partial charge on any atom is -0.306 e. The van der Waals surface area contributed by atoms with Crippen molar-refractivity contribution in [3.05, 3.63) is 34.2 Å². The number of fused-ring (bicyclic) bond motifs is 1. The normalized spacial score (nSPS) is 13.6. The van der Waals surface area contributed by atoms with Crippen molar-refractivity contribution in [2.24, 2.45) is 5.92 Å². The lowest BCUT2D eigenvalue weighted by Crippen LogP contribution is -2.01. The van der Waals surface area contributed by atoms with Gasteiger partial charge in [-0.1, -0.05) is 26.8 Å². The maximum Gasteiger partial charge on any atom is 0.323 e. The monoisotopic (exact) mass is 204 g/mol. The molecule has 3 heteroatoms. The Labute approximate surface area is 88.5 Å². The molecule has 1 aromatic heterocycles. The fourth-order valence-electron chi connectivity index (χ4n) is 1.72. The lowest BCUT2D eigenvalue weighted by atomic mass is 9.90. The van der Waals surface area contributed by atoms with E-state index in [1.165, 1.54) is 5.56 Å². The average Bonchev–Trinajstić information content (AvgIpc) is 2.55. The maximum atomic E-state index is 11.1. The third-order valence-electron chi connectivity index (χ3n) is 3.07. The topological polar surface area (TPSA) is 48.6 Å². The molecule has 3 nitrogen and oxygen atoms in total. The highest BCUT2D eigenvalue weighted by Crippen LogP contribution is 2.25. The van der Waals surface area contributed by atoms with Gasteiger partial charge < -0.3 is 9.97 Å². The highest BCUT2D eigenvalue weighted by atomic mass is 16.1. The van der Waals surface area contributed by atoms with Crippen LogP contribution in [0.1, 0.15) is 32.3 Å². The van der Waals surface area contributed by atoms with Crippen molar-refractivity contribution in [2.45, 2.75) is 26.7 Å². The minimum absolute atomic E-state index is 0.139. The van der Waals surface area contributed by atoms with Crippen LogP contribution in [0.25, 0.3) is 11.0 Å². The number of aromatic nitrogens is 2. The molecule has 0 saturated heterocycles. The Balaban J connectivity index is 2.50. The van der Waals surface area contributed by atoms with Crippen LogP contribution in [0, 0.1) is 5.92 Å². The molecule has 0 spiro atoms. The van der Waals surface area contributed by atoms with Crippen LogP contribution < -0.4 is 5.69 Å². The number of aromatic amines is 2. The van der Waals surface area contributed by atoms with E-state index >= 15 is 0 Å². The van der Waals surface area contributed by atoms with Gasteiger partial charge in [0.05, 0.1) is 11.0 Å². The summed E-state index contributed by atoms with van der Waals surface area (Å²) < 4.78 is 0. The van der Waals surface area contributed by atoms with E-state index in [9.17, 15) is 4.79 Å². The molecule has 1 unspecified atom stereocenters. The lowest BCUT2D eigenvalue weighted by Gasteiger charge is -2.15. The standard InChI is InChI=1S/C12H16N2O/c1-7(2)8(3)9-4-5-10-11(6-9)14-12(15)13-10/h4-8H,1-3H3,(H2,13,14,15). The Hall–Kier alpha value is -1.51. The first-order valence-electron chi connectivity index (χ1n) is 5.30. The van der Waals surface area contributed by atoms with Gasteiger partial charge in [-0.15, -0.1) is 0 Å². The van der Waals surface area contributed by atoms with Gasteiger partial charge in [-0.2, -0.15) is 0 Å². The van der Waals surface area contributed by atoms with E-state index in [0.29, 0.717) is 11.8 Å². The molecular weight excluding hydrogens is 188 g/mol. The van der Waals surface area contributed by atoms with Crippen molar-refractivity contribution in [1.82, 2.24) is 9.97 Å². The summed E-state index contributed by atoms with van der Waals surface area (Å²) in [5, 5.41) is 0. The fraction of sp³-hybridized carbons (Fsp3) is 0.417. The van der Waals surface area contributed by atoms with Crippen LogP contribution >= 0.6 is 0 Å². The average molecular weight is 204 g/mol. The Bertz CT molecular complexity index is 522. The van der Waals surface area contributed by atoms with Crippen molar-refractivity contribution in [2.75, 3.05) is 0 Å². The van der Waals surface area contributed by atoms with Gasteiger partial charge in [0.15, 0.2) is 0 Å². The zero-order valence-electron chi connectivity index (χ0n) is 9.29. The van der Waals surface area contributed by atoms with E-state index in [1.54, 1.807) is 0 Å². The smallest absolute Gasteiger partial charge is 0.306 e. The molecule has 0 fully saturated rings. The summed E-state index contributed by atoms with van der Waals surface area (Å²) in [6, 6.07) is 6.09. The van der Waals surface area contributed by atoms with Gasteiger partial charge in [0, 0.05) is 0 Å².